The first kappa shape index (κ1) is 23.0. The summed E-state index contributed by atoms with van der Waals surface area (Å²) in [4.78, 5) is 14.8. The van der Waals surface area contributed by atoms with Crippen molar-refractivity contribution in [3.8, 4) is 28.3 Å². The molecule has 0 unspecified atom stereocenters. The fourth-order valence-electron chi connectivity index (χ4n) is 2.50. The lowest BCUT2D eigenvalue weighted by Crippen LogP contribution is -2.41. The molecule has 3 aromatic rings. The summed E-state index contributed by atoms with van der Waals surface area (Å²) < 4.78 is 111. The average Bonchev–Trinajstić information content (AvgIpc) is 3.19. The van der Waals surface area contributed by atoms with Crippen LogP contribution in [-0.4, -0.2) is 39.8 Å². The second kappa shape index (κ2) is 8.09. The number of carbonyl (C=O) groups excluding carboxylic acids is 1. The Morgan fingerprint density at radius 2 is 1.72 bits per heavy atom. The molecule has 0 radical (unpaired) electrons. The molecule has 0 spiro atoms. The summed E-state index contributed by atoms with van der Waals surface area (Å²) in [6.45, 7) is -2.19. The van der Waals surface area contributed by atoms with E-state index in [0.29, 0.717) is 24.3 Å². The van der Waals surface area contributed by atoms with Gasteiger partial charge in [0.15, 0.2) is 24.1 Å². The van der Waals surface area contributed by atoms with Gasteiger partial charge in [-0.25, -0.2) is 18.2 Å². The zero-order chi connectivity index (χ0) is 23.8. The molecule has 0 aliphatic rings. The number of amides is 1. The Labute approximate surface area is 173 Å². The van der Waals surface area contributed by atoms with Crippen LogP contribution in [0.4, 0.5) is 35.1 Å². The Hall–Kier alpha value is -3.71. The molecule has 2 aromatic carbocycles. The standard InChI is InChI=1S/C18H10F8N4O2/c19-8-1-2-12(32-6-17(22,23)18(24,25)26)9(5-8)10-3-7(4-11(20)13(10)21)15-28-16(14(27)31)30-29-15/h1-5H,6H2,(H2,27,31)(H,28,29,30). The van der Waals surface area contributed by atoms with Gasteiger partial charge in [-0.1, -0.05) is 0 Å². The minimum atomic E-state index is -5.94. The number of nitrogens with zero attached hydrogens (tertiary/aromatic N) is 2. The van der Waals surface area contributed by atoms with E-state index in [1.54, 1.807) is 0 Å². The third kappa shape index (κ3) is 4.48. The van der Waals surface area contributed by atoms with E-state index in [2.05, 4.69) is 19.9 Å². The smallest absolute Gasteiger partial charge is 0.456 e. The van der Waals surface area contributed by atoms with Crippen molar-refractivity contribution in [3.63, 3.8) is 0 Å². The van der Waals surface area contributed by atoms with E-state index in [-0.39, 0.29) is 11.4 Å². The molecule has 0 saturated carbocycles. The highest BCUT2D eigenvalue weighted by Crippen LogP contribution is 2.39. The molecule has 14 heteroatoms. The van der Waals surface area contributed by atoms with Gasteiger partial charge in [0.1, 0.15) is 11.6 Å². The number of hydrogen-bond acceptors (Lipinski definition) is 4. The van der Waals surface area contributed by atoms with Crippen molar-refractivity contribution < 1.29 is 44.7 Å². The van der Waals surface area contributed by atoms with E-state index in [1.165, 1.54) is 0 Å². The van der Waals surface area contributed by atoms with Crippen LogP contribution in [0, 0.1) is 17.5 Å². The first-order chi connectivity index (χ1) is 14.8. The maximum Gasteiger partial charge on any atom is 0.456 e. The van der Waals surface area contributed by atoms with Gasteiger partial charge < -0.3 is 10.5 Å². The molecule has 0 fully saturated rings. The number of rotatable bonds is 6. The molecule has 0 aliphatic heterocycles. The average molecular weight is 466 g/mol. The number of aromatic nitrogens is 3. The minimum absolute atomic E-state index is 0.251. The van der Waals surface area contributed by atoms with Crippen LogP contribution in [0.15, 0.2) is 30.3 Å². The fraction of sp³-hybridized carbons (Fsp3) is 0.167. The topological polar surface area (TPSA) is 93.9 Å². The van der Waals surface area contributed by atoms with Crippen LogP contribution in [0.1, 0.15) is 10.6 Å². The first-order valence-electron chi connectivity index (χ1n) is 8.39. The largest absolute Gasteiger partial charge is 0.486 e. The second-order valence-corrected chi connectivity index (χ2v) is 6.32. The predicted molar refractivity (Wildman–Crippen MR) is 92.1 cm³/mol. The van der Waals surface area contributed by atoms with Crippen LogP contribution in [0.2, 0.25) is 0 Å². The predicted octanol–water partition coefficient (Wildman–Crippen LogP) is 4.23. The molecule has 0 saturated heterocycles. The summed E-state index contributed by atoms with van der Waals surface area (Å²) in [7, 11) is 0. The maximum absolute atomic E-state index is 14.5. The molecule has 1 amide bonds. The van der Waals surface area contributed by atoms with Gasteiger partial charge in [0.25, 0.3) is 5.91 Å². The van der Waals surface area contributed by atoms with Gasteiger partial charge in [0.2, 0.25) is 5.82 Å². The summed E-state index contributed by atoms with van der Waals surface area (Å²) in [5.74, 6) is -12.0. The van der Waals surface area contributed by atoms with Gasteiger partial charge in [-0.15, -0.1) is 0 Å². The third-order valence-electron chi connectivity index (χ3n) is 4.06. The molecule has 170 valence electrons. The van der Waals surface area contributed by atoms with Gasteiger partial charge in [-0.05, 0) is 30.3 Å². The lowest BCUT2D eigenvalue weighted by atomic mass is 10.0. The van der Waals surface area contributed by atoms with Crippen LogP contribution in [0.5, 0.6) is 5.75 Å². The van der Waals surface area contributed by atoms with Crippen molar-refractivity contribution in [2.45, 2.75) is 12.1 Å². The Morgan fingerprint density at radius 3 is 2.31 bits per heavy atom. The van der Waals surface area contributed by atoms with Crippen LogP contribution in [0.3, 0.4) is 0 Å². The van der Waals surface area contributed by atoms with Crippen molar-refractivity contribution in [2.75, 3.05) is 6.61 Å². The highest BCUT2D eigenvalue weighted by Gasteiger charge is 2.58. The summed E-state index contributed by atoms with van der Waals surface area (Å²) >= 11 is 0. The van der Waals surface area contributed by atoms with E-state index < -0.39 is 64.8 Å². The summed E-state index contributed by atoms with van der Waals surface area (Å²) in [5.41, 5.74) is 3.34. The Balaban J connectivity index is 2.08. The number of ether oxygens (including phenoxy) is 1. The molecule has 0 aliphatic carbocycles. The lowest BCUT2D eigenvalue weighted by molar-refractivity contribution is -0.289. The molecular weight excluding hydrogens is 456 g/mol. The molecule has 3 rings (SSSR count). The Morgan fingerprint density at radius 1 is 1.03 bits per heavy atom. The number of H-pyrrole nitrogens is 1. The van der Waals surface area contributed by atoms with Crippen molar-refractivity contribution in [2.24, 2.45) is 5.73 Å². The van der Waals surface area contributed by atoms with Gasteiger partial charge in [0, 0.05) is 16.7 Å². The summed E-state index contributed by atoms with van der Waals surface area (Å²) in [5, 5.41) is 5.74. The monoisotopic (exact) mass is 466 g/mol. The van der Waals surface area contributed by atoms with Crippen LogP contribution >= 0.6 is 0 Å². The minimum Gasteiger partial charge on any atom is -0.486 e. The van der Waals surface area contributed by atoms with Gasteiger partial charge in [0.05, 0.1) is 0 Å². The van der Waals surface area contributed by atoms with Crippen molar-refractivity contribution in [3.05, 3.63) is 53.6 Å². The Kier molecular flexibility index (Phi) is 5.80. The Bertz CT molecular complexity index is 1180. The quantitative estimate of drug-likeness (QED) is 0.532. The van der Waals surface area contributed by atoms with E-state index in [9.17, 15) is 39.9 Å². The van der Waals surface area contributed by atoms with Gasteiger partial charge in [-0.2, -0.15) is 27.1 Å². The number of hydrogen-bond donors (Lipinski definition) is 2. The first-order valence-corrected chi connectivity index (χ1v) is 8.39. The highest BCUT2D eigenvalue weighted by atomic mass is 19.4. The summed E-state index contributed by atoms with van der Waals surface area (Å²) in [6, 6.07) is 3.37. The molecule has 32 heavy (non-hydrogen) atoms. The van der Waals surface area contributed by atoms with Crippen LogP contribution in [-0.2, 0) is 0 Å². The second-order valence-electron chi connectivity index (χ2n) is 6.32. The molecular formula is C18H10F8N4O2. The third-order valence-corrected chi connectivity index (χ3v) is 4.06. The fourth-order valence-corrected chi connectivity index (χ4v) is 2.50. The maximum atomic E-state index is 14.5. The van der Waals surface area contributed by atoms with Crippen molar-refractivity contribution >= 4 is 5.91 Å². The van der Waals surface area contributed by atoms with Crippen LogP contribution < -0.4 is 10.5 Å². The van der Waals surface area contributed by atoms with Gasteiger partial charge >= 0.3 is 12.1 Å². The zero-order valence-electron chi connectivity index (χ0n) is 15.4. The molecule has 0 atom stereocenters. The zero-order valence-corrected chi connectivity index (χ0v) is 15.4. The number of carbonyl (C=O) groups is 1. The molecule has 6 nitrogen and oxygen atoms in total. The number of alkyl halides is 5. The van der Waals surface area contributed by atoms with E-state index in [0.717, 1.165) is 6.07 Å². The van der Waals surface area contributed by atoms with Crippen molar-refractivity contribution in [1.82, 2.24) is 15.2 Å². The lowest BCUT2D eigenvalue weighted by Gasteiger charge is -2.21. The molecule has 1 heterocycles. The molecule has 1 aromatic heterocycles. The molecule has 0 bridgehead atoms. The number of aromatic amines is 1. The van der Waals surface area contributed by atoms with Crippen molar-refractivity contribution in [1.29, 1.82) is 0 Å². The normalized spacial score (nSPS) is 12.1. The van der Waals surface area contributed by atoms with E-state index in [1.807, 2.05) is 0 Å². The number of halogens is 8. The number of nitrogens with one attached hydrogen (secondary N) is 1. The van der Waals surface area contributed by atoms with E-state index >= 15 is 0 Å². The SMILES string of the molecule is NC(=O)c1nc(-c2cc(F)c(F)c(-c3cc(F)ccc3OCC(F)(F)C(F)(F)F)c2)n[nH]1. The number of benzene rings is 2. The molecule has 3 N–H and O–H groups in total. The number of primary amides is 1. The number of nitrogens with two attached hydrogens (primary N) is 1. The highest BCUT2D eigenvalue weighted by molar-refractivity contribution is 5.89. The summed E-state index contributed by atoms with van der Waals surface area (Å²) in [6.07, 6.45) is -5.94. The van der Waals surface area contributed by atoms with E-state index in [4.69, 9.17) is 5.73 Å². The van der Waals surface area contributed by atoms with Gasteiger partial charge in [-0.3, -0.25) is 9.89 Å². The van der Waals surface area contributed by atoms with Crippen LogP contribution in [0.25, 0.3) is 22.5 Å².